The maximum atomic E-state index is 11.5. The summed E-state index contributed by atoms with van der Waals surface area (Å²) in [6.07, 6.45) is 1.63. The molecule has 2 fully saturated rings. The zero-order valence-electron chi connectivity index (χ0n) is 10.9. The molecular weight excluding hydrogens is 262 g/mol. The Labute approximate surface area is 114 Å². The highest BCUT2D eigenvalue weighted by atomic mass is 16.7. The molecule has 0 bridgehead atoms. The third-order valence-corrected chi connectivity index (χ3v) is 3.92. The fourth-order valence-electron chi connectivity index (χ4n) is 2.82. The molecule has 8 nitrogen and oxygen atoms in total. The number of H-pyrrole nitrogens is 1. The van der Waals surface area contributed by atoms with Crippen LogP contribution in [0.4, 0.5) is 5.82 Å². The average molecular weight is 277 g/mol. The van der Waals surface area contributed by atoms with E-state index in [9.17, 15) is 4.79 Å². The third kappa shape index (κ3) is 1.80. The van der Waals surface area contributed by atoms with Gasteiger partial charge in [-0.25, -0.2) is 9.89 Å². The second kappa shape index (κ2) is 4.29. The summed E-state index contributed by atoms with van der Waals surface area (Å²) >= 11 is 0. The normalized spacial score (nSPS) is 21.9. The van der Waals surface area contributed by atoms with Gasteiger partial charge < -0.3 is 14.4 Å². The van der Waals surface area contributed by atoms with Crippen LogP contribution < -0.4 is 10.6 Å². The van der Waals surface area contributed by atoms with Crippen molar-refractivity contribution in [2.24, 2.45) is 0 Å². The lowest BCUT2D eigenvalue weighted by Gasteiger charge is -2.37. The van der Waals surface area contributed by atoms with Crippen molar-refractivity contribution in [1.82, 2.24) is 19.8 Å². The van der Waals surface area contributed by atoms with E-state index < -0.39 is 5.79 Å². The molecular formula is C12H15N5O3. The van der Waals surface area contributed by atoms with Crippen LogP contribution in [0.2, 0.25) is 0 Å². The highest BCUT2D eigenvalue weighted by Crippen LogP contribution is 2.32. The Balaban J connectivity index is 1.58. The van der Waals surface area contributed by atoms with Gasteiger partial charge in [-0.1, -0.05) is 0 Å². The number of aromatic nitrogens is 4. The standard InChI is InChI=1S/C12H15N5O3/c18-11-14-13-9-1-2-10(15-17(9)11)16-5-3-12(4-6-16)19-7-8-20-12/h1-2H,3-8H2,(H,14,18). The van der Waals surface area contributed by atoms with E-state index in [1.807, 2.05) is 6.07 Å². The van der Waals surface area contributed by atoms with Crippen molar-refractivity contribution in [2.45, 2.75) is 18.6 Å². The molecule has 0 amide bonds. The molecule has 1 N–H and O–H groups in total. The number of rotatable bonds is 1. The van der Waals surface area contributed by atoms with E-state index in [1.165, 1.54) is 4.52 Å². The van der Waals surface area contributed by atoms with Crippen LogP contribution in [0.1, 0.15) is 12.8 Å². The van der Waals surface area contributed by atoms with Crippen LogP contribution in [0.15, 0.2) is 16.9 Å². The highest BCUT2D eigenvalue weighted by Gasteiger charge is 2.40. The van der Waals surface area contributed by atoms with E-state index >= 15 is 0 Å². The monoisotopic (exact) mass is 277 g/mol. The number of nitrogens with zero attached hydrogens (tertiary/aromatic N) is 4. The number of ether oxygens (including phenoxy) is 2. The lowest BCUT2D eigenvalue weighted by molar-refractivity contribution is -0.169. The molecule has 0 radical (unpaired) electrons. The number of anilines is 1. The van der Waals surface area contributed by atoms with Gasteiger partial charge in [0.25, 0.3) is 0 Å². The molecule has 0 saturated carbocycles. The second-order valence-electron chi connectivity index (χ2n) is 5.08. The first-order valence-corrected chi connectivity index (χ1v) is 6.73. The summed E-state index contributed by atoms with van der Waals surface area (Å²) in [5, 5.41) is 10.6. The third-order valence-electron chi connectivity index (χ3n) is 3.92. The summed E-state index contributed by atoms with van der Waals surface area (Å²) in [6, 6.07) is 3.66. The van der Waals surface area contributed by atoms with Crippen LogP contribution >= 0.6 is 0 Å². The van der Waals surface area contributed by atoms with E-state index in [0.29, 0.717) is 18.9 Å². The van der Waals surface area contributed by atoms with Crippen molar-refractivity contribution in [3.05, 3.63) is 22.6 Å². The van der Waals surface area contributed by atoms with Crippen molar-refractivity contribution >= 4 is 11.5 Å². The van der Waals surface area contributed by atoms with Gasteiger partial charge in [0.1, 0.15) is 5.82 Å². The molecule has 0 unspecified atom stereocenters. The topological polar surface area (TPSA) is 84.8 Å². The molecule has 2 aromatic rings. The highest BCUT2D eigenvalue weighted by molar-refractivity contribution is 5.45. The minimum absolute atomic E-state index is 0.321. The van der Waals surface area contributed by atoms with Crippen molar-refractivity contribution in [3.63, 3.8) is 0 Å². The molecule has 106 valence electrons. The molecule has 0 aromatic carbocycles. The van der Waals surface area contributed by atoms with E-state index in [4.69, 9.17) is 9.47 Å². The largest absolute Gasteiger partial charge is 0.364 e. The molecule has 2 aromatic heterocycles. The smallest absolute Gasteiger partial charge is 0.355 e. The fourth-order valence-corrected chi connectivity index (χ4v) is 2.82. The Kier molecular flexibility index (Phi) is 2.54. The van der Waals surface area contributed by atoms with Crippen LogP contribution in [-0.4, -0.2) is 51.9 Å². The van der Waals surface area contributed by atoms with Gasteiger partial charge in [-0.3, -0.25) is 0 Å². The summed E-state index contributed by atoms with van der Waals surface area (Å²) in [5.41, 5.74) is 0.201. The maximum Gasteiger partial charge on any atom is 0.364 e. The van der Waals surface area contributed by atoms with Gasteiger partial charge in [0.15, 0.2) is 11.4 Å². The molecule has 20 heavy (non-hydrogen) atoms. The summed E-state index contributed by atoms with van der Waals surface area (Å²) < 4.78 is 12.7. The van der Waals surface area contributed by atoms with Crippen LogP contribution in [0.3, 0.4) is 0 Å². The van der Waals surface area contributed by atoms with Crippen LogP contribution in [0.5, 0.6) is 0 Å². The minimum Gasteiger partial charge on any atom is -0.355 e. The summed E-state index contributed by atoms with van der Waals surface area (Å²) in [5.74, 6) is 0.376. The lowest BCUT2D eigenvalue weighted by Crippen LogP contribution is -2.45. The number of hydrogen-bond donors (Lipinski definition) is 1. The molecule has 8 heteroatoms. The molecule has 2 aliphatic rings. The average Bonchev–Trinajstić information content (AvgIpc) is 3.08. The quantitative estimate of drug-likeness (QED) is 0.774. The Bertz CT molecular complexity index is 678. The van der Waals surface area contributed by atoms with Gasteiger partial charge in [-0.2, -0.15) is 9.61 Å². The molecule has 2 saturated heterocycles. The second-order valence-corrected chi connectivity index (χ2v) is 5.08. The Morgan fingerprint density at radius 3 is 2.70 bits per heavy atom. The number of hydrogen-bond acceptors (Lipinski definition) is 6. The van der Waals surface area contributed by atoms with Crippen LogP contribution in [-0.2, 0) is 9.47 Å². The predicted molar refractivity (Wildman–Crippen MR) is 69.7 cm³/mol. The number of piperidine rings is 1. The van der Waals surface area contributed by atoms with Gasteiger partial charge in [-0.05, 0) is 12.1 Å². The number of nitrogens with one attached hydrogen (secondary N) is 1. The summed E-state index contributed by atoms with van der Waals surface area (Å²) in [7, 11) is 0. The van der Waals surface area contributed by atoms with Gasteiger partial charge in [0, 0.05) is 25.9 Å². The molecule has 1 spiro atoms. The van der Waals surface area contributed by atoms with Gasteiger partial charge in [0.05, 0.1) is 13.2 Å². The Morgan fingerprint density at radius 2 is 1.95 bits per heavy atom. The summed E-state index contributed by atoms with van der Waals surface area (Å²) in [6.45, 7) is 2.94. The van der Waals surface area contributed by atoms with Crippen molar-refractivity contribution in [2.75, 3.05) is 31.2 Å². The predicted octanol–water partition coefficient (Wildman–Crippen LogP) is -0.239. The fraction of sp³-hybridized carbons (Fsp3) is 0.583. The zero-order chi connectivity index (χ0) is 13.6. The first-order valence-electron chi connectivity index (χ1n) is 6.73. The first-order chi connectivity index (χ1) is 9.76. The van der Waals surface area contributed by atoms with E-state index in [0.717, 1.165) is 31.7 Å². The van der Waals surface area contributed by atoms with E-state index in [-0.39, 0.29) is 5.69 Å². The maximum absolute atomic E-state index is 11.5. The molecule has 2 aliphatic heterocycles. The van der Waals surface area contributed by atoms with Gasteiger partial charge in [-0.15, -0.1) is 5.10 Å². The molecule has 0 atom stereocenters. The zero-order valence-corrected chi connectivity index (χ0v) is 10.9. The molecule has 0 aliphatic carbocycles. The van der Waals surface area contributed by atoms with Crippen molar-refractivity contribution in [1.29, 1.82) is 0 Å². The van der Waals surface area contributed by atoms with Crippen molar-refractivity contribution < 1.29 is 9.47 Å². The van der Waals surface area contributed by atoms with Crippen molar-refractivity contribution in [3.8, 4) is 0 Å². The summed E-state index contributed by atoms with van der Waals surface area (Å²) in [4.78, 5) is 13.7. The van der Waals surface area contributed by atoms with Crippen LogP contribution in [0, 0.1) is 0 Å². The minimum atomic E-state index is -0.396. The molecule has 4 heterocycles. The number of fused-ring (bicyclic) bond motifs is 1. The van der Waals surface area contributed by atoms with Crippen LogP contribution in [0.25, 0.3) is 5.65 Å². The molecule has 4 rings (SSSR count). The van der Waals surface area contributed by atoms with Gasteiger partial charge in [0.2, 0.25) is 0 Å². The Morgan fingerprint density at radius 1 is 1.20 bits per heavy atom. The number of aromatic amines is 1. The lowest BCUT2D eigenvalue weighted by atomic mass is 10.0. The van der Waals surface area contributed by atoms with E-state index in [2.05, 4.69) is 20.2 Å². The van der Waals surface area contributed by atoms with E-state index in [1.54, 1.807) is 6.07 Å². The van der Waals surface area contributed by atoms with Gasteiger partial charge >= 0.3 is 5.69 Å². The SMILES string of the molecule is O=c1[nH]nc2ccc(N3CCC4(CC3)OCCO4)nn12. The first kappa shape index (κ1) is 11.9. The Hall–Kier alpha value is -1.93.